The van der Waals surface area contributed by atoms with E-state index in [-0.39, 0.29) is 6.10 Å². The molecule has 0 fully saturated rings. The van der Waals surface area contributed by atoms with Gasteiger partial charge in [-0.05, 0) is 53.4 Å². The molecule has 0 amide bonds. The highest BCUT2D eigenvalue weighted by Crippen LogP contribution is 2.32. The van der Waals surface area contributed by atoms with Crippen molar-refractivity contribution in [2.45, 2.75) is 52.2 Å². The average molecular weight is 431 g/mol. The van der Waals surface area contributed by atoms with Crippen LogP contribution in [0.5, 0.6) is 11.5 Å². The van der Waals surface area contributed by atoms with E-state index in [1.165, 1.54) is 27.9 Å². The Hall–Kier alpha value is -2.89. The molecule has 1 aromatic heterocycles. The monoisotopic (exact) mass is 430 g/mol. The topological polar surface area (TPSA) is 43.8 Å². The Morgan fingerprint density at radius 1 is 1.00 bits per heavy atom. The van der Waals surface area contributed by atoms with Gasteiger partial charge in [0.1, 0.15) is 18.1 Å². The lowest BCUT2D eigenvalue weighted by Crippen LogP contribution is -2.34. The molecule has 5 nitrogen and oxygen atoms in total. The zero-order chi connectivity index (χ0) is 21.9. The van der Waals surface area contributed by atoms with Gasteiger partial charge in [0.2, 0.25) is 0 Å². The Balaban J connectivity index is 1.38. The molecule has 1 atom stereocenters. The third-order valence-electron chi connectivity index (χ3n) is 6.43. The van der Waals surface area contributed by atoms with Gasteiger partial charge >= 0.3 is 0 Å². The van der Waals surface area contributed by atoms with Crippen molar-refractivity contribution in [3.8, 4) is 11.5 Å². The Labute approximate surface area is 190 Å². The minimum absolute atomic E-state index is 0.205. The third-order valence-corrected chi connectivity index (χ3v) is 6.43. The van der Waals surface area contributed by atoms with E-state index in [1.54, 1.807) is 7.11 Å². The highest BCUT2D eigenvalue weighted by atomic mass is 16.5. The van der Waals surface area contributed by atoms with E-state index in [9.17, 15) is 0 Å². The number of nitrogens with zero attached hydrogens (tertiary/aromatic N) is 2. The number of pyridine rings is 1. The van der Waals surface area contributed by atoms with E-state index in [0.717, 1.165) is 49.7 Å². The molecular weight excluding hydrogens is 400 g/mol. The second-order valence-corrected chi connectivity index (χ2v) is 8.68. The van der Waals surface area contributed by atoms with Crippen molar-refractivity contribution in [2.24, 2.45) is 0 Å². The summed E-state index contributed by atoms with van der Waals surface area (Å²) in [4.78, 5) is 7.62. The molecule has 2 aliphatic heterocycles. The normalized spacial score (nSPS) is 18.0. The number of rotatable bonds is 6. The molecule has 0 spiro atoms. The molecule has 0 N–H and O–H groups in total. The maximum absolute atomic E-state index is 6.08. The predicted octanol–water partition coefficient (Wildman–Crippen LogP) is 4.69. The van der Waals surface area contributed by atoms with Crippen LogP contribution >= 0.6 is 0 Å². The summed E-state index contributed by atoms with van der Waals surface area (Å²) in [7, 11) is 1.70. The number of fused-ring (bicyclic) bond motifs is 3. The number of benzene rings is 2. The Bertz CT molecular complexity index is 1070. The molecule has 0 bridgehead atoms. The molecule has 0 unspecified atom stereocenters. The number of ether oxygens (including phenoxy) is 3. The van der Waals surface area contributed by atoms with Crippen molar-refractivity contribution in [1.29, 1.82) is 0 Å². The summed E-state index contributed by atoms with van der Waals surface area (Å²) in [6.45, 7) is 6.14. The maximum atomic E-state index is 6.08. The van der Waals surface area contributed by atoms with Crippen LogP contribution < -0.4 is 9.47 Å². The fourth-order valence-corrected chi connectivity index (χ4v) is 4.69. The molecule has 0 saturated carbocycles. The first-order valence-electron chi connectivity index (χ1n) is 11.4. The Kier molecular flexibility index (Phi) is 6.10. The fourth-order valence-electron chi connectivity index (χ4n) is 4.69. The molecule has 3 heterocycles. The van der Waals surface area contributed by atoms with Crippen molar-refractivity contribution < 1.29 is 14.2 Å². The smallest absolute Gasteiger partial charge is 0.130 e. The summed E-state index contributed by atoms with van der Waals surface area (Å²) in [5, 5.41) is 0. The second-order valence-electron chi connectivity index (χ2n) is 8.68. The minimum atomic E-state index is 0.205. The second kappa shape index (κ2) is 9.31. The summed E-state index contributed by atoms with van der Waals surface area (Å²) in [6.07, 6.45) is 2.05. The molecular formula is C27H30N2O3. The first-order chi connectivity index (χ1) is 15.7. The van der Waals surface area contributed by atoms with Crippen LogP contribution in [0.2, 0.25) is 0 Å². The van der Waals surface area contributed by atoms with Crippen molar-refractivity contribution in [2.75, 3.05) is 13.7 Å². The van der Waals surface area contributed by atoms with Crippen molar-refractivity contribution >= 4 is 0 Å². The average Bonchev–Trinajstić information content (AvgIpc) is 2.83. The standard InChI is InChI=1S/C27H30N2O3/c1-19-14-23-25(17-31-19)24-16-29(15-20-8-10-21(30-2)11-9-20)13-12-26(24)28-27(23)18-32-22-6-4-3-5-7-22/h3-11,19H,12-18H2,1-2H3/t19-/m0/s1. The zero-order valence-electron chi connectivity index (χ0n) is 18.8. The van der Waals surface area contributed by atoms with Crippen LogP contribution in [-0.2, 0) is 43.9 Å². The summed E-state index contributed by atoms with van der Waals surface area (Å²) in [6, 6.07) is 18.4. The number of methoxy groups -OCH3 is 1. The van der Waals surface area contributed by atoms with Crippen LogP contribution in [0.4, 0.5) is 0 Å². The lowest BCUT2D eigenvalue weighted by atomic mass is 9.90. The van der Waals surface area contributed by atoms with Crippen LogP contribution in [0.3, 0.4) is 0 Å². The zero-order valence-corrected chi connectivity index (χ0v) is 18.8. The van der Waals surface area contributed by atoms with Gasteiger partial charge in [-0.1, -0.05) is 30.3 Å². The molecule has 0 radical (unpaired) electrons. The number of hydrogen-bond acceptors (Lipinski definition) is 5. The third kappa shape index (κ3) is 4.50. The van der Waals surface area contributed by atoms with E-state index in [4.69, 9.17) is 19.2 Å². The van der Waals surface area contributed by atoms with E-state index in [2.05, 4.69) is 24.0 Å². The lowest BCUT2D eigenvalue weighted by Gasteiger charge is -2.34. The SMILES string of the molecule is COc1ccc(CN2CCc3nc(COc4ccccc4)c4c(c3C2)CO[C@@H](C)C4)cc1. The molecule has 5 rings (SSSR count). The molecule has 2 aliphatic rings. The van der Waals surface area contributed by atoms with Crippen molar-refractivity contribution in [1.82, 2.24) is 9.88 Å². The van der Waals surface area contributed by atoms with E-state index in [0.29, 0.717) is 13.2 Å². The quantitative estimate of drug-likeness (QED) is 0.568. The van der Waals surface area contributed by atoms with Gasteiger partial charge in [-0.2, -0.15) is 0 Å². The molecule has 0 aliphatic carbocycles. The summed E-state index contributed by atoms with van der Waals surface area (Å²) >= 11 is 0. The number of para-hydroxylation sites is 1. The van der Waals surface area contributed by atoms with E-state index < -0.39 is 0 Å². The number of aromatic nitrogens is 1. The van der Waals surface area contributed by atoms with Gasteiger partial charge in [0.25, 0.3) is 0 Å². The van der Waals surface area contributed by atoms with Crippen LogP contribution in [0, 0.1) is 0 Å². The van der Waals surface area contributed by atoms with Gasteiger partial charge in [-0.3, -0.25) is 9.88 Å². The van der Waals surface area contributed by atoms with Crippen LogP contribution in [0.25, 0.3) is 0 Å². The van der Waals surface area contributed by atoms with Gasteiger partial charge in [0.15, 0.2) is 0 Å². The molecule has 32 heavy (non-hydrogen) atoms. The van der Waals surface area contributed by atoms with Crippen molar-refractivity contribution in [3.63, 3.8) is 0 Å². The first-order valence-corrected chi connectivity index (χ1v) is 11.4. The first kappa shape index (κ1) is 21.0. The van der Waals surface area contributed by atoms with Gasteiger partial charge in [0.05, 0.1) is 25.5 Å². The van der Waals surface area contributed by atoms with Crippen molar-refractivity contribution in [3.05, 3.63) is 88.2 Å². The molecule has 0 saturated heterocycles. The molecule has 3 aromatic rings. The minimum Gasteiger partial charge on any atom is -0.497 e. The summed E-state index contributed by atoms with van der Waals surface area (Å²) in [5.74, 6) is 1.78. The summed E-state index contributed by atoms with van der Waals surface area (Å²) < 4.78 is 17.4. The van der Waals surface area contributed by atoms with E-state index in [1.807, 2.05) is 42.5 Å². The number of hydrogen-bond donors (Lipinski definition) is 0. The van der Waals surface area contributed by atoms with Gasteiger partial charge in [-0.15, -0.1) is 0 Å². The van der Waals surface area contributed by atoms with Gasteiger partial charge in [0, 0.05) is 38.2 Å². The largest absolute Gasteiger partial charge is 0.497 e. The van der Waals surface area contributed by atoms with E-state index >= 15 is 0 Å². The summed E-state index contributed by atoms with van der Waals surface area (Å²) in [5.41, 5.74) is 7.59. The predicted molar refractivity (Wildman–Crippen MR) is 124 cm³/mol. The van der Waals surface area contributed by atoms with Gasteiger partial charge in [-0.25, -0.2) is 0 Å². The highest BCUT2D eigenvalue weighted by Gasteiger charge is 2.28. The van der Waals surface area contributed by atoms with Crippen LogP contribution in [0.1, 0.15) is 40.6 Å². The molecule has 5 heteroatoms. The maximum Gasteiger partial charge on any atom is 0.130 e. The fraction of sp³-hybridized carbons (Fsp3) is 0.370. The van der Waals surface area contributed by atoms with Crippen LogP contribution in [0.15, 0.2) is 54.6 Å². The Morgan fingerprint density at radius 3 is 2.59 bits per heavy atom. The Morgan fingerprint density at radius 2 is 1.81 bits per heavy atom. The molecule has 2 aromatic carbocycles. The highest BCUT2D eigenvalue weighted by molar-refractivity contribution is 5.43. The lowest BCUT2D eigenvalue weighted by molar-refractivity contribution is 0.0387. The molecule has 166 valence electrons. The van der Waals surface area contributed by atoms with Crippen LogP contribution in [-0.4, -0.2) is 29.6 Å². The van der Waals surface area contributed by atoms with Gasteiger partial charge < -0.3 is 14.2 Å².